The Hall–Kier alpha value is -3.07. The SMILES string of the molecule is N#CC1=C(N)OC2=C(C(=O)c3ccccc3C2=O)C1c1ccc(Cl)c(Cl)c1. The summed E-state index contributed by atoms with van der Waals surface area (Å²) in [7, 11) is 0. The number of ketones is 2. The number of halogens is 2. The first-order valence-electron chi connectivity index (χ1n) is 7.89. The molecule has 2 aromatic rings. The molecule has 0 aromatic heterocycles. The summed E-state index contributed by atoms with van der Waals surface area (Å²) in [6, 6.07) is 13.2. The molecule has 0 bridgehead atoms. The molecule has 2 aliphatic rings. The van der Waals surface area contributed by atoms with Crippen LogP contribution in [0, 0.1) is 11.3 Å². The zero-order chi connectivity index (χ0) is 19.3. The van der Waals surface area contributed by atoms with Crippen molar-refractivity contribution in [1.29, 1.82) is 5.26 Å². The van der Waals surface area contributed by atoms with Gasteiger partial charge in [0.1, 0.15) is 11.6 Å². The average molecular weight is 397 g/mol. The normalized spacial score (nSPS) is 18.6. The van der Waals surface area contributed by atoms with Gasteiger partial charge in [0.2, 0.25) is 11.7 Å². The van der Waals surface area contributed by atoms with Gasteiger partial charge in [0.25, 0.3) is 0 Å². The van der Waals surface area contributed by atoms with Crippen molar-refractivity contribution in [3.63, 3.8) is 0 Å². The molecule has 4 rings (SSSR count). The van der Waals surface area contributed by atoms with Gasteiger partial charge in [0, 0.05) is 11.1 Å². The van der Waals surface area contributed by atoms with Crippen LogP contribution in [0.4, 0.5) is 0 Å². The summed E-state index contributed by atoms with van der Waals surface area (Å²) in [5, 5.41) is 10.2. The van der Waals surface area contributed by atoms with Gasteiger partial charge in [0.05, 0.1) is 21.5 Å². The number of hydrogen-bond acceptors (Lipinski definition) is 5. The van der Waals surface area contributed by atoms with Gasteiger partial charge in [-0.2, -0.15) is 5.26 Å². The molecular formula is C20H10Cl2N2O3. The number of allylic oxidation sites excluding steroid dienone is 3. The Kier molecular flexibility index (Phi) is 4.03. The zero-order valence-corrected chi connectivity index (χ0v) is 15.1. The summed E-state index contributed by atoms with van der Waals surface area (Å²) in [6.07, 6.45) is 0. The number of fused-ring (bicyclic) bond motifs is 1. The highest BCUT2D eigenvalue weighted by atomic mass is 35.5. The van der Waals surface area contributed by atoms with Crippen LogP contribution in [0.15, 0.2) is 65.3 Å². The van der Waals surface area contributed by atoms with E-state index in [1.807, 2.05) is 6.07 Å². The second-order valence-corrected chi connectivity index (χ2v) is 6.86. The van der Waals surface area contributed by atoms with Gasteiger partial charge in [0.15, 0.2) is 11.5 Å². The van der Waals surface area contributed by atoms with Crippen LogP contribution >= 0.6 is 23.2 Å². The standard InChI is InChI=1S/C20H10Cl2N2O3/c21-13-6-5-9(7-14(13)22)15-12(8-23)20(24)27-19-16(15)17(25)10-3-1-2-4-11(10)18(19)26/h1-7,15H,24H2. The zero-order valence-electron chi connectivity index (χ0n) is 13.6. The van der Waals surface area contributed by atoms with E-state index in [9.17, 15) is 14.9 Å². The topological polar surface area (TPSA) is 93.2 Å². The van der Waals surface area contributed by atoms with Gasteiger partial charge in [-0.25, -0.2) is 0 Å². The molecule has 0 amide bonds. The van der Waals surface area contributed by atoms with Gasteiger partial charge in [-0.15, -0.1) is 0 Å². The highest BCUT2D eigenvalue weighted by Crippen LogP contribution is 2.44. The number of nitrogens with zero attached hydrogens (tertiary/aromatic N) is 1. The molecule has 1 unspecified atom stereocenters. The van der Waals surface area contributed by atoms with Crippen LogP contribution in [0.1, 0.15) is 32.2 Å². The van der Waals surface area contributed by atoms with Crippen LogP contribution in [-0.4, -0.2) is 11.6 Å². The monoisotopic (exact) mass is 396 g/mol. The number of rotatable bonds is 1. The van der Waals surface area contributed by atoms with Crippen LogP contribution in [0.3, 0.4) is 0 Å². The molecule has 0 fully saturated rings. The van der Waals surface area contributed by atoms with Crippen molar-refractivity contribution < 1.29 is 14.3 Å². The number of Topliss-reactive ketones (excluding diaryl/α,β-unsaturated/α-hetero) is 2. The van der Waals surface area contributed by atoms with Crippen molar-refractivity contribution in [2.75, 3.05) is 0 Å². The van der Waals surface area contributed by atoms with Crippen molar-refractivity contribution in [2.24, 2.45) is 5.73 Å². The fourth-order valence-electron chi connectivity index (χ4n) is 3.33. The van der Waals surface area contributed by atoms with E-state index in [0.29, 0.717) is 10.6 Å². The van der Waals surface area contributed by atoms with Gasteiger partial charge in [-0.05, 0) is 17.7 Å². The predicted octanol–water partition coefficient (Wildman–Crippen LogP) is 4.13. The lowest BCUT2D eigenvalue weighted by molar-refractivity contribution is 0.0897. The van der Waals surface area contributed by atoms with E-state index >= 15 is 0 Å². The molecule has 1 aliphatic carbocycles. The first kappa shape index (κ1) is 17.3. The summed E-state index contributed by atoms with van der Waals surface area (Å²) in [5.74, 6) is -2.10. The average Bonchev–Trinajstić information content (AvgIpc) is 2.67. The fraction of sp³-hybridized carbons (Fsp3) is 0.0500. The number of ether oxygens (including phenoxy) is 1. The lowest BCUT2D eigenvalue weighted by atomic mass is 9.75. The van der Waals surface area contributed by atoms with E-state index in [-0.39, 0.29) is 38.9 Å². The number of nitrogens with two attached hydrogens (primary N) is 1. The maximum absolute atomic E-state index is 13.2. The molecule has 0 saturated carbocycles. The Balaban J connectivity index is 1.99. The Morgan fingerprint density at radius 3 is 2.30 bits per heavy atom. The molecule has 2 N–H and O–H groups in total. The van der Waals surface area contributed by atoms with E-state index in [0.717, 1.165) is 0 Å². The fourth-order valence-corrected chi connectivity index (χ4v) is 3.64. The molecule has 0 saturated heterocycles. The second kappa shape index (κ2) is 6.27. The molecule has 1 heterocycles. The highest BCUT2D eigenvalue weighted by Gasteiger charge is 2.43. The van der Waals surface area contributed by atoms with Crippen LogP contribution in [0.5, 0.6) is 0 Å². The Bertz CT molecular complexity index is 1140. The van der Waals surface area contributed by atoms with Gasteiger partial charge in [-0.1, -0.05) is 53.5 Å². The first-order chi connectivity index (χ1) is 12.9. The minimum Gasteiger partial charge on any atom is -0.436 e. The molecule has 1 aliphatic heterocycles. The number of hydrogen-bond donors (Lipinski definition) is 1. The van der Waals surface area contributed by atoms with Crippen molar-refractivity contribution in [3.05, 3.63) is 92.0 Å². The van der Waals surface area contributed by atoms with E-state index < -0.39 is 17.5 Å². The Morgan fingerprint density at radius 2 is 1.67 bits per heavy atom. The molecular weight excluding hydrogens is 387 g/mol. The smallest absolute Gasteiger partial charge is 0.229 e. The lowest BCUT2D eigenvalue weighted by Gasteiger charge is -2.31. The van der Waals surface area contributed by atoms with Gasteiger partial charge >= 0.3 is 0 Å². The Labute approximate surface area is 164 Å². The largest absolute Gasteiger partial charge is 0.436 e. The second-order valence-electron chi connectivity index (χ2n) is 6.04. The van der Waals surface area contributed by atoms with Crippen LogP contribution in [0.25, 0.3) is 0 Å². The minimum atomic E-state index is -0.877. The number of nitriles is 1. The van der Waals surface area contributed by atoms with Gasteiger partial charge < -0.3 is 10.5 Å². The summed E-state index contributed by atoms with van der Waals surface area (Å²) in [4.78, 5) is 26.1. The molecule has 132 valence electrons. The van der Waals surface area contributed by atoms with E-state index in [4.69, 9.17) is 33.7 Å². The number of benzene rings is 2. The van der Waals surface area contributed by atoms with Crippen molar-refractivity contribution in [2.45, 2.75) is 5.92 Å². The molecule has 5 nitrogen and oxygen atoms in total. The van der Waals surface area contributed by atoms with Crippen LogP contribution in [0.2, 0.25) is 10.0 Å². The van der Waals surface area contributed by atoms with E-state index in [1.54, 1.807) is 42.5 Å². The van der Waals surface area contributed by atoms with E-state index in [1.165, 1.54) is 0 Å². The molecule has 27 heavy (non-hydrogen) atoms. The number of carbonyl (C=O) groups excluding carboxylic acids is 2. The van der Waals surface area contributed by atoms with Gasteiger partial charge in [-0.3, -0.25) is 9.59 Å². The molecule has 2 aromatic carbocycles. The predicted molar refractivity (Wildman–Crippen MR) is 99.2 cm³/mol. The maximum Gasteiger partial charge on any atom is 0.229 e. The third kappa shape index (κ3) is 2.54. The molecule has 0 spiro atoms. The minimum absolute atomic E-state index is 0.0349. The van der Waals surface area contributed by atoms with E-state index in [2.05, 4.69) is 0 Å². The quantitative estimate of drug-likeness (QED) is 0.781. The van der Waals surface area contributed by atoms with Crippen molar-refractivity contribution in [3.8, 4) is 6.07 Å². The summed E-state index contributed by atoms with van der Waals surface area (Å²) in [5.41, 5.74) is 7.01. The Morgan fingerprint density at radius 1 is 1.00 bits per heavy atom. The maximum atomic E-state index is 13.2. The highest BCUT2D eigenvalue weighted by molar-refractivity contribution is 6.42. The first-order valence-corrected chi connectivity index (χ1v) is 8.64. The lowest BCUT2D eigenvalue weighted by Crippen LogP contribution is -2.32. The van der Waals surface area contributed by atoms with Crippen molar-refractivity contribution in [1.82, 2.24) is 0 Å². The van der Waals surface area contributed by atoms with Crippen molar-refractivity contribution >= 4 is 34.8 Å². The summed E-state index contributed by atoms with van der Waals surface area (Å²) in [6.45, 7) is 0. The molecule has 0 radical (unpaired) electrons. The van der Waals surface area contributed by atoms with Crippen LogP contribution in [-0.2, 0) is 4.74 Å². The summed E-state index contributed by atoms with van der Waals surface area (Å²) >= 11 is 12.1. The van der Waals surface area contributed by atoms with Crippen LogP contribution < -0.4 is 5.73 Å². The number of carbonyl (C=O) groups is 2. The third-order valence-corrected chi connectivity index (χ3v) is 5.30. The molecule has 1 atom stereocenters. The summed E-state index contributed by atoms with van der Waals surface area (Å²) < 4.78 is 5.42. The molecule has 7 heteroatoms. The third-order valence-electron chi connectivity index (χ3n) is 4.56.